The molecule has 3 aliphatic carbocycles. The summed E-state index contributed by atoms with van der Waals surface area (Å²) < 4.78 is 0. The summed E-state index contributed by atoms with van der Waals surface area (Å²) in [6.45, 7) is 9.12. The van der Waals surface area contributed by atoms with Crippen molar-refractivity contribution in [1.29, 1.82) is 0 Å². The molecule has 1 spiro atoms. The molecular weight excluding hydrogens is 196 g/mol. The van der Waals surface area contributed by atoms with E-state index in [1.165, 1.54) is 18.4 Å². The zero-order chi connectivity index (χ0) is 11.7. The number of allylic oxidation sites excluding steroid dienone is 2. The molecule has 0 heterocycles. The number of fused-ring (bicyclic) bond motifs is 1. The van der Waals surface area contributed by atoms with Gasteiger partial charge < -0.3 is 0 Å². The lowest BCUT2D eigenvalue weighted by atomic mass is 9.70. The van der Waals surface area contributed by atoms with Crippen LogP contribution in [0.15, 0.2) is 11.6 Å². The topological polar surface area (TPSA) is 17.1 Å². The summed E-state index contributed by atoms with van der Waals surface area (Å²) in [7, 11) is 0. The van der Waals surface area contributed by atoms with Crippen LogP contribution in [0.4, 0.5) is 0 Å². The summed E-state index contributed by atoms with van der Waals surface area (Å²) in [4.78, 5) is 12.3. The van der Waals surface area contributed by atoms with Crippen molar-refractivity contribution >= 4 is 5.78 Å². The van der Waals surface area contributed by atoms with Crippen molar-refractivity contribution < 1.29 is 4.79 Å². The van der Waals surface area contributed by atoms with Gasteiger partial charge in [0.15, 0.2) is 5.78 Å². The van der Waals surface area contributed by atoms with Crippen LogP contribution in [0.5, 0.6) is 0 Å². The fourth-order valence-corrected chi connectivity index (χ4v) is 4.92. The van der Waals surface area contributed by atoms with Crippen molar-refractivity contribution in [1.82, 2.24) is 0 Å². The average molecular weight is 218 g/mol. The van der Waals surface area contributed by atoms with Crippen molar-refractivity contribution in [2.24, 2.45) is 35.0 Å². The van der Waals surface area contributed by atoms with Crippen LogP contribution in [0.2, 0.25) is 0 Å². The third kappa shape index (κ3) is 0.959. The molecule has 1 heteroatoms. The number of ketones is 1. The molecule has 2 saturated carbocycles. The Morgan fingerprint density at radius 2 is 2.06 bits per heavy atom. The third-order valence-electron chi connectivity index (χ3n) is 5.66. The second kappa shape index (κ2) is 3.00. The summed E-state index contributed by atoms with van der Waals surface area (Å²) in [6.07, 6.45) is 4.52. The summed E-state index contributed by atoms with van der Waals surface area (Å²) in [5.74, 6) is 3.89. The Hall–Kier alpha value is -0.590. The number of carbonyl (C=O) groups is 1. The quantitative estimate of drug-likeness (QED) is 0.659. The van der Waals surface area contributed by atoms with Crippen LogP contribution in [0.3, 0.4) is 0 Å². The molecule has 0 aromatic heterocycles. The van der Waals surface area contributed by atoms with Crippen molar-refractivity contribution in [2.75, 3.05) is 0 Å². The molecule has 3 rings (SSSR count). The van der Waals surface area contributed by atoms with Gasteiger partial charge in [-0.3, -0.25) is 4.79 Å². The molecule has 1 nitrogen and oxygen atoms in total. The summed E-state index contributed by atoms with van der Waals surface area (Å²) >= 11 is 0. The molecule has 0 saturated heterocycles. The molecule has 0 aliphatic heterocycles. The minimum Gasteiger partial charge on any atom is -0.294 e. The van der Waals surface area contributed by atoms with Crippen LogP contribution in [-0.4, -0.2) is 5.78 Å². The van der Waals surface area contributed by atoms with Gasteiger partial charge in [-0.25, -0.2) is 0 Å². The van der Waals surface area contributed by atoms with E-state index in [9.17, 15) is 4.79 Å². The van der Waals surface area contributed by atoms with Crippen molar-refractivity contribution in [3.8, 4) is 0 Å². The largest absolute Gasteiger partial charge is 0.294 e. The Balaban J connectivity index is 2.00. The van der Waals surface area contributed by atoms with E-state index in [0.29, 0.717) is 23.5 Å². The highest BCUT2D eigenvalue weighted by Gasteiger charge is 2.76. The number of carbonyl (C=O) groups excluding carboxylic acids is 1. The second-order valence-electron chi connectivity index (χ2n) is 6.58. The van der Waals surface area contributed by atoms with Crippen LogP contribution < -0.4 is 0 Å². The van der Waals surface area contributed by atoms with Gasteiger partial charge in [0, 0.05) is 5.41 Å². The van der Waals surface area contributed by atoms with Crippen LogP contribution in [0.1, 0.15) is 40.5 Å². The molecular formula is C15H22O. The number of hydrogen-bond acceptors (Lipinski definition) is 1. The summed E-state index contributed by atoms with van der Waals surface area (Å²) in [5.41, 5.74) is 1.44. The molecule has 0 amide bonds. The summed E-state index contributed by atoms with van der Waals surface area (Å²) in [5, 5.41) is 0. The highest BCUT2D eigenvalue weighted by Crippen LogP contribution is 2.76. The van der Waals surface area contributed by atoms with Crippen LogP contribution in [0, 0.1) is 35.0 Å². The molecule has 1 unspecified atom stereocenters. The van der Waals surface area contributed by atoms with Gasteiger partial charge in [0.1, 0.15) is 0 Å². The molecule has 88 valence electrons. The minimum atomic E-state index is 0.0667. The molecule has 2 fully saturated rings. The van der Waals surface area contributed by atoms with Gasteiger partial charge in [-0.15, -0.1) is 0 Å². The van der Waals surface area contributed by atoms with E-state index in [2.05, 4.69) is 27.7 Å². The van der Waals surface area contributed by atoms with E-state index in [4.69, 9.17) is 0 Å². The van der Waals surface area contributed by atoms with Gasteiger partial charge >= 0.3 is 0 Å². The smallest absolute Gasteiger partial charge is 0.162 e. The predicted octanol–water partition coefficient (Wildman–Crippen LogP) is 3.45. The standard InChI is InChI=1S/C15H22O/c1-8(2)11-6-5-10(4)15-12(16)7-9(3)13(15)14(11)15/h7-8,10-11,13-14H,5-6H2,1-4H3/t10-,11+,13-,14-,15?/m0/s1. The fourth-order valence-electron chi connectivity index (χ4n) is 4.92. The third-order valence-corrected chi connectivity index (χ3v) is 5.66. The Morgan fingerprint density at radius 1 is 1.38 bits per heavy atom. The maximum absolute atomic E-state index is 12.3. The Bertz CT molecular complexity index is 379. The zero-order valence-electron chi connectivity index (χ0n) is 10.8. The SMILES string of the molecule is CC1=CC(=O)C23[C@@H]([C@@H](C(C)C)CC[C@@H]2C)[C@H]13. The minimum absolute atomic E-state index is 0.0667. The second-order valence-corrected chi connectivity index (χ2v) is 6.58. The normalized spacial score (nSPS) is 50.1. The molecule has 16 heavy (non-hydrogen) atoms. The molecule has 0 aromatic carbocycles. The van der Waals surface area contributed by atoms with E-state index in [1.54, 1.807) is 0 Å². The maximum Gasteiger partial charge on any atom is 0.162 e. The number of hydrogen-bond donors (Lipinski definition) is 0. The van der Waals surface area contributed by atoms with Crippen LogP contribution in [0.25, 0.3) is 0 Å². The average Bonchev–Trinajstić information content (AvgIpc) is 2.82. The molecule has 0 N–H and O–H groups in total. The molecule has 0 bridgehead atoms. The Labute approximate surface area is 98.3 Å². The monoisotopic (exact) mass is 218 g/mol. The first-order valence-corrected chi connectivity index (χ1v) is 6.73. The van der Waals surface area contributed by atoms with E-state index in [0.717, 1.165) is 11.8 Å². The maximum atomic E-state index is 12.3. The first-order chi connectivity index (χ1) is 7.51. The summed E-state index contributed by atoms with van der Waals surface area (Å²) in [6, 6.07) is 0. The van der Waals surface area contributed by atoms with Crippen LogP contribution >= 0.6 is 0 Å². The lowest BCUT2D eigenvalue weighted by molar-refractivity contribution is -0.122. The molecule has 0 aromatic rings. The Morgan fingerprint density at radius 3 is 2.69 bits per heavy atom. The zero-order valence-corrected chi connectivity index (χ0v) is 10.8. The molecule has 5 atom stereocenters. The van der Waals surface area contributed by atoms with Crippen molar-refractivity contribution in [3.05, 3.63) is 11.6 Å². The van der Waals surface area contributed by atoms with E-state index in [-0.39, 0.29) is 5.41 Å². The fraction of sp³-hybridized carbons (Fsp3) is 0.800. The highest BCUT2D eigenvalue weighted by molar-refractivity contribution is 6.03. The lowest BCUT2D eigenvalue weighted by Gasteiger charge is -2.34. The van der Waals surface area contributed by atoms with Crippen molar-refractivity contribution in [2.45, 2.75) is 40.5 Å². The molecule has 0 radical (unpaired) electrons. The lowest BCUT2D eigenvalue weighted by Crippen LogP contribution is -2.32. The van der Waals surface area contributed by atoms with Gasteiger partial charge in [-0.05, 0) is 55.4 Å². The Kier molecular flexibility index (Phi) is 1.98. The first-order valence-electron chi connectivity index (χ1n) is 6.73. The van der Waals surface area contributed by atoms with Gasteiger partial charge in [0.2, 0.25) is 0 Å². The molecule has 3 aliphatic rings. The predicted molar refractivity (Wildman–Crippen MR) is 64.9 cm³/mol. The van der Waals surface area contributed by atoms with Crippen molar-refractivity contribution in [3.63, 3.8) is 0 Å². The van der Waals surface area contributed by atoms with Crippen LogP contribution in [-0.2, 0) is 4.79 Å². The van der Waals surface area contributed by atoms with E-state index in [1.807, 2.05) is 6.08 Å². The van der Waals surface area contributed by atoms with Gasteiger partial charge in [-0.2, -0.15) is 0 Å². The first kappa shape index (κ1) is 10.6. The van der Waals surface area contributed by atoms with Gasteiger partial charge in [0.05, 0.1) is 0 Å². The van der Waals surface area contributed by atoms with E-state index >= 15 is 0 Å². The number of rotatable bonds is 1. The highest BCUT2D eigenvalue weighted by atomic mass is 16.1. The van der Waals surface area contributed by atoms with Gasteiger partial charge in [-0.1, -0.05) is 26.3 Å². The van der Waals surface area contributed by atoms with Gasteiger partial charge in [0.25, 0.3) is 0 Å². The van der Waals surface area contributed by atoms with E-state index < -0.39 is 0 Å².